The molecular weight excluding hydrogens is 178 g/mol. The van der Waals surface area contributed by atoms with Crippen molar-refractivity contribution in [1.82, 2.24) is 15.5 Å². The number of piperazine rings is 1. The van der Waals surface area contributed by atoms with Gasteiger partial charge < -0.3 is 15.5 Å². The van der Waals surface area contributed by atoms with Crippen LogP contribution in [0.4, 0.5) is 0 Å². The van der Waals surface area contributed by atoms with Gasteiger partial charge in [0.1, 0.15) is 0 Å². The molecule has 0 saturated carbocycles. The maximum Gasteiger partial charge on any atom is 0.223 e. The van der Waals surface area contributed by atoms with Crippen LogP contribution in [0.5, 0.6) is 0 Å². The number of amides is 1. The minimum Gasteiger partial charge on any atom is -0.340 e. The summed E-state index contributed by atoms with van der Waals surface area (Å²) in [6.07, 6.45) is 0.736. The van der Waals surface area contributed by atoms with Gasteiger partial charge in [0.2, 0.25) is 5.91 Å². The van der Waals surface area contributed by atoms with E-state index in [0.29, 0.717) is 17.9 Å². The Bertz CT molecular complexity index is 215. The van der Waals surface area contributed by atoms with Crippen molar-refractivity contribution in [2.75, 3.05) is 32.7 Å². The second-order valence-electron chi connectivity index (χ2n) is 4.42. The predicted octanol–water partition coefficient (Wildman–Crippen LogP) is -0.584. The van der Waals surface area contributed by atoms with Crippen molar-refractivity contribution in [3.05, 3.63) is 0 Å². The molecule has 2 aliphatic rings. The Labute approximate surface area is 85.0 Å². The Kier molecular flexibility index (Phi) is 3.03. The molecule has 80 valence electrons. The van der Waals surface area contributed by atoms with E-state index < -0.39 is 0 Å². The largest absolute Gasteiger partial charge is 0.340 e. The first-order valence-electron chi connectivity index (χ1n) is 5.47. The summed E-state index contributed by atoms with van der Waals surface area (Å²) >= 11 is 0. The fourth-order valence-corrected chi connectivity index (χ4v) is 2.03. The molecule has 2 heterocycles. The number of hydrogen-bond acceptors (Lipinski definition) is 3. The van der Waals surface area contributed by atoms with Gasteiger partial charge in [-0.25, -0.2) is 0 Å². The Morgan fingerprint density at radius 3 is 2.86 bits per heavy atom. The number of nitrogens with one attached hydrogen (secondary N) is 2. The van der Waals surface area contributed by atoms with Crippen molar-refractivity contribution in [3.63, 3.8) is 0 Å². The highest BCUT2D eigenvalue weighted by Gasteiger charge is 2.25. The van der Waals surface area contributed by atoms with Crippen LogP contribution in [0.25, 0.3) is 0 Å². The zero-order valence-electron chi connectivity index (χ0n) is 8.75. The molecular formula is C10H19N3O. The van der Waals surface area contributed by atoms with Crippen LogP contribution in [-0.4, -0.2) is 49.6 Å². The Morgan fingerprint density at radius 2 is 2.29 bits per heavy atom. The first kappa shape index (κ1) is 9.93. The molecule has 2 aliphatic heterocycles. The third kappa shape index (κ3) is 2.25. The number of carbonyl (C=O) groups is 1. The lowest BCUT2D eigenvalue weighted by Crippen LogP contribution is -2.53. The SMILES string of the molecule is CC1CN(C(=O)CC2CNC2)CCN1. The Hall–Kier alpha value is -0.610. The predicted molar refractivity (Wildman–Crippen MR) is 55.0 cm³/mol. The molecule has 0 aromatic rings. The van der Waals surface area contributed by atoms with Crippen molar-refractivity contribution in [3.8, 4) is 0 Å². The first-order valence-corrected chi connectivity index (χ1v) is 5.47. The van der Waals surface area contributed by atoms with Gasteiger partial charge in [0.15, 0.2) is 0 Å². The highest BCUT2D eigenvalue weighted by atomic mass is 16.2. The van der Waals surface area contributed by atoms with Crippen molar-refractivity contribution in [1.29, 1.82) is 0 Å². The van der Waals surface area contributed by atoms with Crippen LogP contribution in [0.15, 0.2) is 0 Å². The van der Waals surface area contributed by atoms with E-state index in [4.69, 9.17) is 0 Å². The van der Waals surface area contributed by atoms with Gasteiger partial charge in [-0.05, 0) is 25.9 Å². The molecule has 1 atom stereocenters. The summed E-state index contributed by atoms with van der Waals surface area (Å²) in [4.78, 5) is 13.8. The molecule has 1 unspecified atom stereocenters. The smallest absolute Gasteiger partial charge is 0.223 e. The third-order valence-corrected chi connectivity index (χ3v) is 3.05. The molecule has 14 heavy (non-hydrogen) atoms. The molecule has 2 N–H and O–H groups in total. The summed E-state index contributed by atoms with van der Waals surface area (Å²) in [5.74, 6) is 0.928. The maximum absolute atomic E-state index is 11.8. The molecule has 1 amide bonds. The fraction of sp³-hybridized carbons (Fsp3) is 0.900. The van der Waals surface area contributed by atoms with Crippen LogP contribution in [0.3, 0.4) is 0 Å². The average Bonchev–Trinajstić information content (AvgIpc) is 2.11. The van der Waals surface area contributed by atoms with Crippen LogP contribution >= 0.6 is 0 Å². The van der Waals surface area contributed by atoms with E-state index in [1.807, 2.05) is 4.90 Å². The van der Waals surface area contributed by atoms with Crippen LogP contribution in [0.2, 0.25) is 0 Å². The number of nitrogens with zero attached hydrogens (tertiary/aromatic N) is 1. The summed E-state index contributed by atoms with van der Waals surface area (Å²) in [7, 11) is 0. The second-order valence-corrected chi connectivity index (χ2v) is 4.42. The number of hydrogen-bond donors (Lipinski definition) is 2. The monoisotopic (exact) mass is 197 g/mol. The van der Waals surface area contributed by atoms with Crippen LogP contribution in [0, 0.1) is 5.92 Å². The summed E-state index contributed by atoms with van der Waals surface area (Å²) in [6, 6.07) is 0.451. The molecule has 2 rings (SSSR count). The topological polar surface area (TPSA) is 44.4 Å². The molecule has 0 aliphatic carbocycles. The first-order chi connectivity index (χ1) is 6.75. The van der Waals surface area contributed by atoms with Gasteiger partial charge >= 0.3 is 0 Å². The van der Waals surface area contributed by atoms with Crippen molar-refractivity contribution >= 4 is 5.91 Å². The molecule has 0 aromatic heterocycles. The summed E-state index contributed by atoms with van der Waals surface area (Å²) in [6.45, 7) is 6.86. The average molecular weight is 197 g/mol. The highest BCUT2D eigenvalue weighted by Crippen LogP contribution is 2.11. The zero-order chi connectivity index (χ0) is 9.97. The van der Waals surface area contributed by atoms with E-state index in [1.54, 1.807) is 0 Å². The van der Waals surface area contributed by atoms with Gasteiger partial charge in [-0.1, -0.05) is 0 Å². The van der Waals surface area contributed by atoms with Crippen molar-refractivity contribution < 1.29 is 4.79 Å². The highest BCUT2D eigenvalue weighted by molar-refractivity contribution is 5.76. The Morgan fingerprint density at radius 1 is 1.50 bits per heavy atom. The molecule has 0 radical (unpaired) electrons. The van der Waals surface area contributed by atoms with E-state index in [0.717, 1.165) is 39.1 Å². The molecule has 2 saturated heterocycles. The van der Waals surface area contributed by atoms with Crippen LogP contribution in [0.1, 0.15) is 13.3 Å². The van der Waals surface area contributed by atoms with E-state index >= 15 is 0 Å². The Balaban J connectivity index is 1.77. The van der Waals surface area contributed by atoms with Gasteiger partial charge in [0, 0.05) is 32.1 Å². The summed E-state index contributed by atoms with van der Waals surface area (Å²) < 4.78 is 0. The van der Waals surface area contributed by atoms with E-state index in [-0.39, 0.29) is 0 Å². The standard InChI is InChI=1S/C10H19N3O/c1-8-7-13(3-2-12-8)10(14)4-9-5-11-6-9/h8-9,11-12H,2-7H2,1H3. The van der Waals surface area contributed by atoms with Crippen LogP contribution < -0.4 is 10.6 Å². The van der Waals surface area contributed by atoms with Gasteiger partial charge in [0.05, 0.1) is 0 Å². The lowest BCUT2D eigenvalue weighted by Gasteiger charge is -2.34. The van der Waals surface area contributed by atoms with Crippen LogP contribution in [-0.2, 0) is 4.79 Å². The second kappa shape index (κ2) is 4.28. The molecule has 0 bridgehead atoms. The van der Waals surface area contributed by atoms with Gasteiger partial charge in [-0.15, -0.1) is 0 Å². The number of rotatable bonds is 2. The fourth-order valence-electron chi connectivity index (χ4n) is 2.03. The van der Waals surface area contributed by atoms with Gasteiger partial charge in [-0.2, -0.15) is 0 Å². The molecule has 2 fully saturated rings. The van der Waals surface area contributed by atoms with Crippen molar-refractivity contribution in [2.24, 2.45) is 5.92 Å². The minimum atomic E-state index is 0.338. The van der Waals surface area contributed by atoms with Crippen molar-refractivity contribution in [2.45, 2.75) is 19.4 Å². The van der Waals surface area contributed by atoms with E-state index in [2.05, 4.69) is 17.6 Å². The minimum absolute atomic E-state index is 0.338. The van der Waals surface area contributed by atoms with E-state index in [9.17, 15) is 4.79 Å². The van der Waals surface area contributed by atoms with Gasteiger partial charge in [-0.3, -0.25) is 4.79 Å². The van der Waals surface area contributed by atoms with Gasteiger partial charge in [0.25, 0.3) is 0 Å². The molecule has 0 spiro atoms. The number of carbonyl (C=O) groups excluding carboxylic acids is 1. The van der Waals surface area contributed by atoms with E-state index in [1.165, 1.54) is 0 Å². The molecule has 4 nitrogen and oxygen atoms in total. The maximum atomic E-state index is 11.8. The lowest BCUT2D eigenvalue weighted by atomic mass is 9.98. The summed E-state index contributed by atoms with van der Waals surface area (Å²) in [5.41, 5.74) is 0. The lowest BCUT2D eigenvalue weighted by molar-refractivity contribution is -0.133. The zero-order valence-corrected chi connectivity index (χ0v) is 8.75. The third-order valence-electron chi connectivity index (χ3n) is 3.05. The molecule has 4 heteroatoms. The summed E-state index contributed by atoms with van der Waals surface area (Å²) in [5, 5.41) is 6.54. The normalized spacial score (nSPS) is 28.6. The molecule has 0 aromatic carbocycles. The quantitative estimate of drug-likeness (QED) is 0.622.